The van der Waals surface area contributed by atoms with E-state index in [0.29, 0.717) is 30.8 Å². The zero-order valence-corrected chi connectivity index (χ0v) is 68.0. The SMILES string of the molecule is Brc1ccc2c(c1)[nH]c1ccccc12.Brc1ccc2c3ccccc3n(-c3ccccn3)c2c1.Brc1cn[nH]c1.CCOP(OCC)OCC.COc1cccc(-n2cc(Br)cn2)c1.COc1cccc(I)c1.O=[N+]([O-])c1ccccc1-c1ccc(Br)cc1.OB(O)c1ccc(-c2ccccc2)cc1. The predicted molar refractivity (Wildman–Crippen MR) is 449 cm³/mol. The Hall–Kier alpha value is -8.21. The van der Waals surface area contributed by atoms with Gasteiger partial charge in [-0.1, -0.05) is 193 Å². The van der Waals surface area contributed by atoms with E-state index in [1.165, 1.54) is 53.2 Å². The summed E-state index contributed by atoms with van der Waals surface area (Å²) in [6.45, 7) is 7.71. The lowest BCUT2D eigenvalue weighted by Gasteiger charge is -2.12. The average Bonchev–Trinajstić information content (AvgIpc) is 1.60. The molecule has 4 N–H and O–H groups in total. The lowest BCUT2D eigenvalue weighted by Crippen LogP contribution is -2.29. The Kier molecular flexibility index (Phi) is 33.9. The van der Waals surface area contributed by atoms with Crippen molar-refractivity contribution < 1.29 is 38.0 Å². The fraction of sp³-hybridized carbons (Fsp3) is 0.101. The molecule has 5 heterocycles. The number of rotatable bonds is 14. The van der Waals surface area contributed by atoms with Crippen molar-refractivity contribution in [2.45, 2.75) is 20.8 Å². The molecule has 0 bridgehead atoms. The van der Waals surface area contributed by atoms with Gasteiger partial charge in [0.05, 0.1) is 82.6 Å². The molecule has 0 unspecified atom stereocenters. The van der Waals surface area contributed by atoms with Gasteiger partial charge in [-0.3, -0.25) is 19.8 Å². The van der Waals surface area contributed by atoms with Crippen molar-refractivity contribution in [3.63, 3.8) is 0 Å². The van der Waals surface area contributed by atoms with E-state index in [9.17, 15) is 10.1 Å². The van der Waals surface area contributed by atoms with Gasteiger partial charge < -0.3 is 38.1 Å². The van der Waals surface area contributed by atoms with Gasteiger partial charge in [-0.05, 0) is 194 Å². The van der Waals surface area contributed by atoms with Gasteiger partial charge in [0.2, 0.25) is 0 Å². The molecule has 0 aliphatic rings. The van der Waals surface area contributed by atoms with Crippen molar-refractivity contribution in [2.24, 2.45) is 0 Å². The summed E-state index contributed by atoms with van der Waals surface area (Å²) in [5.41, 5.74) is 10.0. The summed E-state index contributed by atoms with van der Waals surface area (Å²) in [7, 11) is 0.868. The van der Waals surface area contributed by atoms with Gasteiger partial charge in [0.15, 0.2) is 0 Å². The lowest BCUT2D eigenvalue weighted by molar-refractivity contribution is -0.384. The van der Waals surface area contributed by atoms with E-state index in [1.54, 1.807) is 67.8 Å². The molecular formula is C79H72BBr5IN8O9P. The molecule has 0 aliphatic carbocycles. The second kappa shape index (κ2) is 43.3. The molecule has 0 saturated carbocycles. The Bertz CT molecular complexity index is 5060. The summed E-state index contributed by atoms with van der Waals surface area (Å²) in [5.74, 6) is 2.69. The molecule has 104 heavy (non-hydrogen) atoms. The minimum atomic E-state index is -1.39. The van der Waals surface area contributed by atoms with E-state index in [-0.39, 0.29) is 10.6 Å². The minimum absolute atomic E-state index is 0.129. The van der Waals surface area contributed by atoms with Crippen molar-refractivity contribution in [1.82, 2.24) is 34.5 Å². The van der Waals surface area contributed by atoms with E-state index in [1.807, 2.05) is 173 Å². The number of hydrogen-bond acceptors (Lipinski definition) is 12. The minimum Gasteiger partial charge on any atom is -0.497 e. The van der Waals surface area contributed by atoms with Gasteiger partial charge in [0, 0.05) is 80.3 Å². The Morgan fingerprint density at radius 3 is 1.68 bits per heavy atom. The van der Waals surface area contributed by atoms with Gasteiger partial charge in [-0.2, -0.15) is 10.2 Å². The first kappa shape index (κ1) is 81.5. The molecule has 0 atom stereocenters. The van der Waals surface area contributed by atoms with Crippen LogP contribution in [0.1, 0.15) is 20.8 Å². The Morgan fingerprint density at radius 2 is 1.10 bits per heavy atom. The van der Waals surface area contributed by atoms with Crippen LogP contribution in [0.5, 0.6) is 11.5 Å². The topological polar surface area (TPSA) is 210 Å². The molecule has 0 aliphatic heterocycles. The highest BCUT2D eigenvalue weighted by molar-refractivity contribution is 14.1. The first-order valence-electron chi connectivity index (χ1n) is 32.2. The number of benzene rings is 10. The maximum absolute atomic E-state index is 10.9. The summed E-state index contributed by atoms with van der Waals surface area (Å²) in [6.07, 6.45) is 8.93. The highest BCUT2D eigenvalue weighted by atomic mass is 127. The van der Waals surface area contributed by atoms with E-state index in [0.717, 1.165) is 62.1 Å². The van der Waals surface area contributed by atoms with E-state index >= 15 is 0 Å². The number of methoxy groups -OCH3 is 2. The van der Waals surface area contributed by atoms with Crippen molar-refractivity contribution in [2.75, 3.05) is 34.0 Å². The van der Waals surface area contributed by atoms with Gasteiger partial charge in [-0.25, -0.2) is 9.67 Å². The van der Waals surface area contributed by atoms with Gasteiger partial charge >= 0.3 is 15.7 Å². The van der Waals surface area contributed by atoms with E-state index in [2.05, 4.69) is 211 Å². The van der Waals surface area contributed by atoms with Crippen LogP contribution >= 0.6 is 111 Å². The highest BCUT2D eigenvalue weighted by Gasteiger charge is 2.16. The van der Waals surface area contributed by atoms with E-state index < -0.39 is 15.7 Å². The number of aromatic nitrogens is 7. The number of pyridine rings is 1. The monoisotopic (exact) mass is 1840 g/mol. The number of H-pyrrole nitrogens is 2. The number of halogens is 6. The number of fused-ring (bicyclic) bond motifs is 6. The van der Waals surface area contributed by atoms with Crippen molar-refractivity contribution >= 4 is 173 Å². The van der Waals surface area contributed by atoms with Crippen LogP contribution in [0.4, 0.5) is 5.69 Å². The molecule has 15 aromatic rings. The third-order valence-electron chi connectivity index (χ3n) is 14.6. The van der Waals surface area contributed by atoms with Crippen molar-refractivity contribution in [3.05, 3.63) is 322 Å². The first-order chi connectivity index (χ1) is 50.5. The molecular weight excluding hydrogens is 1770 g/mol. The van der Waals surface area contributed by atoms with Crippen LogP contribution in [0.15, 0.2) is 308 Å². The highest BCUT2D eigenvalue weighted by Crippen LogP contribution is 2.39. The van der Waals surface area contributed by atoms with Gasteiger partial charge in [-0.15, -0.1) is 0 Å². The van der Waals surface area contributed by atoms with Gasteiger partial charge in [0.25, 0.3) is 5.69 Å². The van der Waals surface area contributed by atoms with Crippen LogP contribution in [0.2, 0.25) is 0 Å². The summed E-state index contributed by atoms with van der Waals surface area (Å²) in [5, 5.41) is 44.3. The predicted octanol–water partition coefficient (Wildman–Crippen LogP) is 22.5. The number of hydrogen-bond donors (Lipinski definition) is 4. The van der Waals surface area contributed by atoms with Crippen molar-refractivity contribution in [1.29, 1.82) is 0 Å². The molecule has 0 amide bonds. The van der Waals surface area contributed by atoms with Crippen molar-refractivity contribution in [3.8, 4) is 45.3 Å². The molecule has 15 rings (SSSR count). The van der Waals surface area contributed by atoms with Crippen LogP contribution in [0, 0.1) is 13.7 Å². The second-order valence-corrected chi connectivity index (χ2v) is 28.6. The maximum Gasteiger partial charge on any atom is 0.488 e. The standard InChI is InChI=1S/C17H11BrN2.C12H11BO2.C12H8BrNO2.C12H8BrN.C10H9BrN2O.C7H7IO.C6H15O3P.C3H3BrN2/c18-12-8-9-14-13-5-1-2-6-15(13)20(16(14)11-12)17-7-3-4-10-19-17;14-13(15)12-8-6-11(7-9-12)10-4-2-1-3-5-10;13-10-7-5-9(6-8-10)11-3-1-2-4-12(11)14(15)16;13-8-5-6-10-9-3-1-2-4-11(9)14-12(10)7-8;1-14-10-4-2-3-9(5-10)13-7-8(11)6-12-13;1-9-7-4-2-3-6(8)5-7;1-4-7-10(8-5-2)9-6-3;4-3-1-5-6-2-3/h1-11H;1-9,14-15H;1-8H;1-7,14H;2-7H,1H3;2-5H,1H3;4-6H2,1-3H3;1-2H,(H,5,6). The third-order valence-corrected chi connectivity index (χ3v) is 19.1. The number of aromatic amines is 2. The number of para-hydroxylation sites is 3. The molecule has 10 aromatic carbocycles. The molecule has 532 valence electrons. The van der Waals surface area contributed by atoms with Gasteiger partial charge in [0.1, 0.15) is 17.3 Å². The molecule has 17 nitrogen and oxygen atoms in total. The summed E-state index contributed by atoms with van der Waals surface area (Å²) < 4.78 is 35.8. The fourth-order valence-electron chi connectivity index (χ4n) is 9.94. The quantitative estimate of drug-likeness (QED) is 0.0263. The zero-order valence-electron chi connectivity index (χ0n) is 57.0. The van der Waals surface area contributed by atoms with E-state index in [4.69, 9.17) is 33.1 Å². The van der Waals surface area contributed by atoms with Crippen LogP contribution in [0.3, 0.4) is 0 Å². The molecule has 0 saturated heterocycles. The zero-order chi connectivity index (χ0) is 74.2. The Balaban J connectivity index is 0.000000153. The van der Waals surface area contributed by atoms with Crippen LogP contribution in [0.25, 0.3) is 77.4 Å². The average molecular weight is 1850 g/mol. The maximum atomic E-state index is 10.9. The fourth-order valence-corrected chi connectivity index (χ4v) is 12.8. The molecule has 0 radical (unpaired) electrons. The lowest BCUT2D eigenvalue weighted by atomic mass is 9.80. The molecule has 0 spiro atoms. The van der Waals surface area contributed by atoms with Crippen LogP contribution in [-0.4, -0.2) is 90.6 Å². The molecule has 25 heteroatoms. The van der Waals surface area contributed by atoms with Crippen LogP contribution < -0.4 is 14.9 Å². The Labute approximate surface area is 661 Å². The first-order valence-corrected chi connectivity index (χ1v) is 38.4. The third kappa shape index (κ3) is 25.0. The molecule has 0 fully saturated rings. The largest absolute Gasteiger partial charge is 0.497 e. The number of nitro groups is 1. The van der Waals surface area contributed by atoms with Crippen LogP contribution in [-0.2, 0) is 13.6 Å². The number of ether oxygens (including phenoxy) is 2. The molecule has 5 aromatic heterocycles. The Morgan fingerprint density at radius 1 is 0.529 bits per heavy atom. The second-order valence-electron chi connectivity index (χ2n) is 21.6. The normalized spacial score (nSPS) is 10.4. The summed E-state index contributed by atoms with van der Waals surface area (Å²) in [6, 6.07) is 82.5. The number of nitro benzene ring substituents is 1. The smallest absolute Gasteiger partial charge is 0.488 e. The number of nitrogens with one attached hydrogen (secondary N) is 2. The summed E-state index contributed by atoms with van der Waals surface area (Å²) >= 11 is 19.2. The summed E-state index contributed by atoms with van der Waals surface area (Å²) in [4.78, 5) is 18.4. The number of nitrogens with zero attached hydrogens (tertiary/aromatic N) is 6.